The average Bonchev–Trinajstić information content (AvgIpc) is 2.29. The molecule has 0 aliphatic carbocycles. The van der Waals surface area contributed by atoms with Gasteiger partial charge in [0.25, 0.3) is 0 Å². The van der Waals surface area contributed by atoms with Crippen LogP contribution < -0.4 is 10.6 Å². The first kappa shape index (κ1) is 11.7. The molecule has 1 unspecified atom stereocenters. The number of carboxylic acids is 1. The maximum Gasteiger partial charge on any atom is 0.337 e. The van der Waals surface area contributed by atoms with Crippen molar-refractivity contribution in [1.29, 1.82) is 0 Å². The highest BCUT2D eigenvalue weighted by Crippen LogP contribution is 2.26. The molecule has 2 rings (SSSR count). The summed E-state index contributed by atoms with van der Waals surface area (Å²) in [5.41, 5.74) is 6.01. The Morgan fingerprint density at radius 2 is 2.35 bits per heavy atom. The van der Waals surface area contributed by atoms with Crippen LogP contribution in [-0.4, -0.2) is 40.4 Å². The van der Waals surface area contributed by atoms with E-state index in [1.807, 2.05) is 4.90 Å². The molecule has 1 fully saturated rings. The van der Waals surface area contributed by atoms with Crippen molar-refractivity contribution in [3.8, 4) is 0 Å². The standard InChI is InChI=1S/C11H15N3O3/c12-9-8(11(16)17)3-4-13-10(9)14-5-1-2-7(15)6-14/h3-4,7,15H,1-2,5-6,12H2,(H,16,17). The fourth-order valence-electron chi connectivity index (χ4n) is 2.05. The van der Waals surface area contributed by atoms with E-state index in [0.717, 1.165) is 19.4 Å². The molecule has 6 heteroatoms. The highest BCUT2D eigenvalue weighted by atomic mass is 16.4. The van der Waals surface area contributed by atoms with Gasteiger partial charge in [-0.25, -0.2) is 9.78 Å². The number of carboxylic acid groups (broad SMARTS) is 1. The molecule has 1 aliphatic rings. The number of β-amino-alcohol motifs (C(OH)–C–C–N with tert-alkyl or cyclic N) is 1. The zero-order valence-corrected chi connectivity index (χ0v) is 9.33. The van der Waals surface area contributed by atoms with Crippen molar-refractivity contribution < 1.29 is 15.0 Å². The van der Waals surface area contributed by atoms with Crippen LogP contribution in [0.15, 0.2) is 12.3 Å². The number of aromatic nitrogens is 1. The van der Waals surface area contributed by atoms with Crippen LogP contribution in [0.5, 0.6) is 0 Å². The molecule has 1 atom stereocenters. The number of carbonyl (C=O) groups is 1. The minimum Gasteiger partial charge on any atom is -0.478 e. The SMILES string of the molecule is Nc1c(C(=O)O)ccnc1N1CCCC(O)C1. The van der Waals surface area contributed by atoms with Crippen molar-refractivity contribution in [2.75, 3.05) is 23.7 Å². The van der Waals surface area contributed by atoms with Gasteiger partial charge in [0, 0.05) is 19.3 Å². The van der Waals surface area contributed by atoms with Gasteiger partial charge in [-0.05, 0) is 18.9 Å². The summed E-state index contributed by atoms with van der Waals surface area (Å²) in [6, 6.07) is 1.38. The topological polar surface area (TPSA) is 99.7 Å². The third-order valence-corrected chi connectivity index (χ3v) is 2.90. The van der Waals surface area contributed by atoms with Crippen LogP contribution in [0.4, 0.5) is 11.5 Å². The number of hydrogen-bond acceptors (Lipinski definition) is 5. The number of nitrogens with two attached hydrogens (primary N) is 1. The molecular formula is C11H15N3O3. The molecule has 1 aliphatic heterocycles. The van der Waals surface area contributed by atoms with Gasteiger partial charge >= 0.3 is 5.97 Å². The van der Waals surface area contributed by atoms with Crippen molar-refractivity contribution in [3.63, 3.8) is 0 Å². The van der Waals surface area contributed by atoms with E-state index in [0.29, 0.717) is 12.4 Å². The summed E-state index contributed by atoms with van der Waals surface area (Å²) in [4.78, 5) is 16.9. The van der Waals surface area contributed by atoms with E-state index < -0.39 is 12.1 Å². The van der Waals surface area contributed by atoms with E-state index >= 15 is 0 Å². The molecule has 6 nitrogen and oxygen atoms in total. The Bertz CT molecular complexity index is 436. The molecule has 1 aromatic heterocycles. The summed E-state index contributed by atoms with van der Waals surface area (Å²) in [5.74, 6) is -0.618. The summed E-state index contributed by atoms with van der Waals surface area (Å²) < 4.78 is 0. The van der Waals surface area contributed by atoms with Crippen molar-refractivity contribution >= 4 is 17.5 Å². The summed E-state index contributed by atoms with van der Waals surface area (Å²) in [6.45, 7) is 1.18. The van der Waals surface area contributed by atoms with Crippen molar-refractivity contribution in [3.05, 3.63) is 17.8 Å². The van der Waals surface area contributed by atoms with Crippen LogP contribution >= 0.6 is 0 Å². The molecule has 0 radical (unpaired) electrons. The van der Waals surface area contributed by atoms with E-state index in [9.17, 15) is 9.90 Å². The number of aliphatic hydroxyl groups is 1. The summed E-state index contributed by atoms with van der Waals surface area (Å²) >= 11 is 0. The highest BCUT2D eigenvalue weighted by molar-refractivity contribution is 5.96. The molecule has 0 saturated carbocycles. The summed E-state index contributed by atoms with van der Waals surface area (Å²) in [7, 11) is 0. The van der Waals surface area contributed by atoms with Crippen LogP contribution in [-0.2, 0) is 0 Å². The van der Waals surface area contributed by atoms with Gasteiger partial charge in [-0.3, -0.25) is 0 Å². The zero-order chi connectivity index (χ0) is 12.4. The third-order valence-electron chi connectivity index (χ3n) is 2.90. The van der Waals surface area contributed by atoms with E-state index in [2.05, 4.69) is 4.98 Å². The lowest BCUT2D eigenvalue weighted by molar-refractivity contribution is 0.0698. The van der Waals surface area contributed by atoms with Crippen LogP contribution in [0.2, 0.25) is 0 Å². The second kappa shape index (κ2) is 4.58. The van der Waals surface area contributed by atoms with Crippen LogP contribution in [0.3, 0.4) is 0 Å². The number of pyridine rings is 1. The summed E-state index contributed by atoms with van der Waals surface area (Å²) in [5, 5.41) is 18.5. The van der Waals surface area contributed by atoms with Gasteiger partial charge in [0.15, 0.2) is 5.82 Å². The molecule has 92 valence electrons. The Labute approximate surface area is 98.7 Å². The van der Waals surface area contributed by atoms with Crippen LogP contribution in [0, 0.1) is 0 Å². The number of nitrogen functional groups attached to an aromatic ring is 1. The molecule has 0 aromatic carbocycles. The molecule has 0 spiro atoms. The predicted molar refractivity (Wildman–Crippen MR) is 63.1 cm³/mol. The van der Waals surface area contributed by atoms with E-state index in [4.69, 9.17) is 10.8 Å². The highest BCUT2D eigenvalue weighted by Gasteiger charge is 2.22. The molecule has 0 bridgehead atoms. The number of aliphatic hydroxyl groups excluding tert-OH is 1. The molecule has 17 heavy (non-hydrogen) atoms. The molecule has 4 N–H and O–H groups in total. The lowest BCUT2D eigenvalue weighted by Gasteiger charge is -2.31. The van der Waals surface area contributed by atoms with Gasteiger partial charge in [-0.15, -0.1) is 0 Å². The number of anilines is 2. The Morgan fingerprint density at radius 3 is 3.00 bits per heavy atom. The molecule has 1 aromatic rings. The van der Waals surface area contributed by atoms with E-state index in [1.54, 1.807) is 0 Å². The molecule has 2 heterocycles. The van der Waals surface area contributed by atoms with Gasteiger partial charge in [0.1, 0.15) is 0 Å². The largest absolute Gasteiger partial charge is 0.478 e. The maximum atomic E-state index is 10.9. The van der Waals surface area contributed by atoms with Gasteiger partial charge < -0.3 is 20.8 Å². The fourth-order valence-corrected chi connectivity index (χ4v) is 2.05. The predicted octanol–water partition coefficient (Wildman–Crippen LogP) is 0.323. The van der Waals surface area contributed by atoms with Gasteiger partial charge in [0.05, 0.1) is 17.4 Å². The quantitative estimate of drug-likeness (QED) is 0.685. The number of hydrogen-bond donors (Lipinski definition) is 3. The van der Waals surface area contributed by atoms with Crippen molar-refractivity contribution in [1.82, 2.24) is 4.98 Å². The van der Waals surface area contributed by atoms with E-state index in [-0.39, 0.29) is 11.3 Å². The van der Waals surface area contributed by atoms with Gasteiger partial charge in [0.2, 0.25) is 0 Å². The van der Waals surface area contributed by atoms with E-state index in [1.165, 1.54) is 12.3 Å². The second-order valence-corrected chi connectivity index (χ2v) is 4.14. The molecular weight excluding hydrogens is 222 g/mol. The first-order chi connectivity index (χ1) is 8.09. The minimum atomic E-state index is -1.07. The smallest absolute Gasteiger partial charge is 0.337 e. The molecule has 0 amide bonds. The number of aromatic carboxylic acids is 1. The minimum absolute atomic E-state index is 0.0510. The maximum absolute atomic E-state index is 10.9. The Hall–Kier alpha value is -1.82. The van der Waals surface area contributed by atoms with Gasteiger partial charge in [-0.1, -0.05) is 0 Å². The summed E-state index contributed by atoms with van der Waals surface area (Å²) in [6.07, 6.45) is 2.63. The van der Waals surface area contributed by atoms with Crippen molar-refractivity contribution in [2.45, 2.75) is 18.9 Å². The number of nitrogens with zero attached hydrogens (tertiary/aromatic N) is 2. The lowest BCUT2D eigenvalue weighted by Crippen LogP contribution is -2.39. The Kier molecular flexibility index (Phi) is 3.14. The number of piperidine rings is 1. The Balaban J connectivity index is 2.32. The van der Waals surface area contributed by atoms with Crippen LogP contribution in [0.25, 0.3) is 0 Å². The molecule has 1 saturated heterocycles. The average molecular weight is 237 g/mol. The van der Waals surface area contributed by atoms with Gasteiger partial charge in [-0.2, -0.15) is 0 Å². The Morgan fingerprint density at radius 1 is 1.59 bits per heavy atom. The fraction of sp³-hybridized carbons (Fsp3) is 0.455. The zero-order valence-electron chi connectivity index (χ0n) is 9.33. The monoisotopic (exact) mass is 237 g/mol. The second-order valence-electron chi connectivity index (χ2n) is 4.14. The first-order valence-electron chi connectivity index (χ1n) is 5.50. The van der Waals surface area contributed by atoms with Crippen LogP contribution in [0.1, 0.15) is 23.2 Å². The number of rotatable bonds is 2. The normalized spacial score (nSPS) is 20.3. The third kappa shape index (κ3) is 2.31. The van der Waals surface area contributed by atoms with Crippen molar-refractivity contribution in [2.24, 2.45) is 0 Å². The first-order valence-corrected chi connectivity index (χ1v) is 5.50. The lowest BCUT2D eigenvalue weighted by atomic mass is 10.1.